The second-order valence-electron chi connectivity index (χ2n) is 7.86. The number of hydrogen-bond acceptors (Lipinski definition) is 3. The summed E-state index contributed by atoms with van der Waals surface area (Å²) in [6.07, 6.45) is 4.53. The largest absolute Gasteiger partial charge is 0.496 e. The average Bonchev–Trinajstić information content (AvgIpc) is 2.78. The lowest BCUT2D eigenvalue weighted by Gasteiger charge is -2.35. The molecular formula is C26H31NO2. The van der Waals surface area contributed by atoms with E-state index >= 15 is 0 Å². The van der Waals surface area contributed by atoms with Crippen LogP contribution in [0.1, 0.15) is 30.9 Å². The average molecular weight is 390 g/mol. The number of rotatable bonds is 8. The van der Waals surface area contributed by atoms with Crippen molar-refractivity contribution in [3.8, 4) is 11.5 Å². The van der Waals surface area contributed by atoms with E-state index in [-0.39, 0.29) is 0 Å². The molecule has 29 heavy (non-hydrogen) atoms. The Balaban J connectivity index is 1.42. The molecule has 152 valence electrons. The lowest BCUT2D eigenvalue weighted by atomic mass is 9.86. The zero-order valence-electron chi connectivity index (χ0n) is 17.6. The minimum Gasteiger partial charge on any atom is -0.496 e. The van der Waals surface area contributed by atoms with Crippen LogP contribution >= 0.6 is 0 Å². The van der Waals surface area contributed by atoms with E-state index in [1.807, 2.05) is 0 Å². The summed E-state index contributed by atoms with van der Waals surface area (Å²) in [5.41, 5.74) is 2.84. The second kappa shape index (κ2) is 9.32. The number of fused-ring (bicyclic) bond motifs is 2. The summed E-state index contributed by atoms with van der Waals surface area (Å²) in [6.45, 7) is 5.05. The van der Waals surface area contributed by atoms with E-state index in [0.717, 1.165) is 50.5 Å². The van der Waals surface area contributed by atoms with Gasteiger partial charge in [0.25, 0.3) is 0 Å². The van der Waals surface area contributed by atoms with Gasteiger partial charge in [-0.1, -0.05) is 55.5 Å². The summed E-state index contributed by atoms with van der Waals surface area (Å²) in [7, 11) is 1.77. The minimum atomic E-state index is 0.575. The topological polar surface area (TPSA) is 21.7 Å². The fourth-order valence-electron chi connectivity index (χ4n) is 4.61. The fourth-order valence-corrected chi connectivity index (χ4v) is 4.61. The van der Waals surface area contributed by atoms with Gasteiger partial charge in [-0.05, 0) is 60.9 Å². The molecule has 0 N–H and O–H groups in total. The molecule has 0 aliphatic heterocycles. The van der Waals surface area contributed by atoms with E-state index in [0.29, 0.717) is 6.04 Å². The smallest absolute Gasteiger partial charge is 0.127 e. The molecule has 0 bridgehead atoms. The summed E-state index contributed by atoms with van der Waals surface area (Å²) in [6, 6.07) is 21.8. The predicted molar refractivity (Wildman–Crippen MR) is 120 cm³/mol. The Morgan fingerprint density at radius 2 is 1.72 bits per heavy atom. The van der Waals surface area contributed by atoms with E-state index in [1.165, 1.54) is 28.3 Å². The standard InChI is InChI=1S/C26H31NO2/c1-3-16-27(22-14-15-24-21(19-22)10-7-12-25(24)28-2)17-18-29-26-13-6-9-20-8-4-5-11-23(20)26/h4-13,22H,3,14-19H2,1-2H3. The van der Waals surface area contributed by atoms with Crippen LogP contribution in [-0.2, 0) is 12.8 Å². The molecule has 0 spiro atoms. The van der Waals surface area contributed by atoms with E-state index in [1.54, 1.807) is 7.11 Å². The van der Waals surface area contributed by atoms with Crippen molar-refractivity contribution in [2.24, 2.45) is 0 Å². The first-order chi connectivity index (χ1) is 14.3. The Bertz CT molecular complexity index is 947. The van der Waals surface area contributed by atoms with E-state index < -0.39 is 0 Å². The van der Waals surface area contributed by atoms with Gasteiger partial charge in [-0.15, -0.1) is 0 Å². The van der Waals surface area contributed by atoms with Crippen molar-refractivity contribution in [3.05, 3.63) is 71.8 Å². The number of nitrogens with zero attached hydrogens (tertiary/aromatic N) is 1. The number of methoxy groups -OCH3 is 1. The Morgan fingerprint density at radius 1 is 0.931 bits per heavy atom. The van der Waals surface area contributed by atoms with Gasteiger partial charge in [-0.3, -0.25) is 4.90 Å². The first-order valence-electron chi connectivity index (χ1n) is 10.8. The van der Waals surface area contributed by atoms with Crippen molar-refractivity contribution in [2.45, 2.75) is 38.6 Å². The highest BCUT2D eigenvalue weighted by Gasteiger charge is 2.25. The normalized spacial score (nSPS) is 16.0. The molecule has 3 aromatic carbocycles. The molecule has 3 aromatic rings. The Labute approximate surface area is 174 Å². The van der Waals surface area contributed by atoms with Crippen LogP contribution in [0.4, 0.5) is 0 Å². The molecule has 3 heteroatoms. The van der Waals surface area contributed by atoms with Crippen molar-refractivity contribution in [1.82, 2.24) is 4.90 Å². The van der Waals surface area contributed by atoms with Gasteiger partial charge in [0.1, 0.15) is 18.1 Å². The van der Waals surface area contributed by atoms with E-state index in [2.05, 4.69) is 72.5 Å². The van der Waals surface area contributed by atoms with Crippen LogP contribution in [0.3, 0.4) is 0 Å². The SMILES string of the molecule is CCCN(CCOc1cccc2ccccc12)C1CCc2c(cccc2OC)C1. The lowest BCUT2D eigenvalue weighted by Crippen LogP contribution is -2.42. The quantitative estimate of drug-likeness (QED) is 0.508. The van der Waals surface area contributed by atoms with Crippen molar-refractivity contribution < 1.29 is 9.47 Å². The molecule has 1 atom stereocenters. The monoisotopic (exact) mass is 389 g/mol. The zero-order valence-corrected chi connectivity index (χ0v) is 17.6. The Kier molecular flexibility index (Phi) is 6.36. The molecule has 3 nitrogen and oxygen atoms in total. The van der Waals surface area contributed by atoms with E-state index in [4.69, 9.17) is 9.47 Å². The number of hydrogen-bond donors (Lipinski definition) is 0. The zero-order chi connectivity index (χ0) is 20.1. The summed E-state index contributed by atoms with van der Waals surface area (Å²) in [5.74, 6) is 2.03. The van der Waals surface area contributed by atoms with Crippen LogP contribution in [0.2, 0.25) is 0 Å². The highest BCUT2D eigenvalue weighted by molar-refractivity contribution is 5.88. The molecule has 0 saturated carbocycles. The first-order valence-corrected chi connectivity index (χ1v) is 10.8. The van der Waals surface area contributed by atoms with Crippen molar-refractivity contribution in [3.63, 3.8) is 0 Å². The third-order valence-corrected chi connectivity index (χ3v) is 6.05. The molecule has 1 aliphatic carbocycles. The molecule has 0 aromatic heterocycles. The van der Waals surface area contributed by atoms with Crippen molar-refractivity contribution >= 4 is 10.8 Å². The molecule has 0 amide bonds. The molecule has 0 saturated heterocycles. The van der Waals surface area contributed by atoms with Crippen LogP contribution in [0.5, 0.6) is 11.5 Å². The van der Waals surface area contributed by atoms with E-state index in [9.17, 15) is 0 Å². The maximum atomic E-state index is 6.23. The fraction of sp³-hybridized carbons (Fsp3) is 0.385. The first kappa shape index (κ1) is 19.8. The van der Waals surface area contributed by atoms with Crippen LogP contribution in [0.15, 0.2) is 60.7 Å². The molecule has 0 heterocycles. The Hall–Kier alpha value is -2.52. The molecular weight excluding hydrogens is 358 g/mol. The summed E-state index contributed by atoms with van der Waals surface area (Å²) >= 11 is 0. The third-order valence-electron chi connectivity index (χ3n) is 6.05. The number of benzene rings is 3. The van der Waals surface area contributed by atoms with Crippen molar-refractivity contribution in [2.75, 3.05) is 26.8 Å². The van der Waals surface area contributed by atoms with Gasteiger partial charge in [0.05, 0.1) is 7.11 Å². The summed E-state index contributed by atoms with van der Waals surface area (Å²) in [4.78, 5) is 2.62. The Morgan fingerprint density at radius 3 is 2.59 bits per heavy atom. The predicted octanol–water partition coefficient (Wildman–Crippen LogP) is 5.50. The van der Waals surface area contributed by atoms with Gasteiger partial charge in [0.15, 0.2) is 0 Å². The highest BCUT2D eigenvalue weighted by Crippen LogP contribution is 2.31. The third kappa shape index (κ3) is 4.40. The van der Waals surface area contributed by atoms with Crippen molar-refractivity contribution in [1.29, 1.82) is 0 Å². The van der Waals surface area contributed by atoms with Gasteiger partial charge in [0, 0.05) is 18.0 Å². The molecule has 1 unspecified atom stereocenters. The molecule has 4 rings (SSSR count). The minimum absolute atomic E-state index is 0.575. The van der Waals surface area contributed by atoms with Gasteiger partial charge >= 0.3 is 0 Å². The maximum absolute atomic E-state index is 6.23. The van der Waals surface area contributed by atoms with Gasteiger partial charge in [-0.25, -0.2) is 0 Å². The summed E-state index contributed by atoms with van der Waals surface area (Å²) < 4.78 is 11.8. The van der Waals surface area contributed by atoms with Crippen LogP contribution in [0, 0.1) is 0 Å². The van der Waals surface area contributed by atoms with Gasteiger partial charge < -0.3 is 9.47 Å². The summed E-state index contributed by atoms with van der Waals surface area (Å²) in [5, 5.41) is 2.42. The van der Waals surface area contributed by atoms with Crippen LogP contribution in [0.25, 0.3) is 10.8 Å². The molecule has 0 radical (unpaired) electrons. The van der Waals surface area contributed by atoms with Crippen LogP contribution < -0.4 is 9.47 Å². The van der Waals surface area contributed by atoms with Gasteiger partial charge in [0.2, 0.25) is 0 Å². The lowest BCUT2D eigenvalue weighted by molar-refractivity contribution is 0.147. The maximum Gasteiger partial charge on any atom is 0.127 e. The highest BCUT2D eigenvalue weighted by atomic mass is 16.5. The van der Waals surface area contributed by atoms with Crippen LogP contribution in [-0.4, -0.2) is 37.7 Å². The second-order valence-corrected chi connectivity index (χ2v) is 7.86. The van der Waals surface area contributed by atoms with Gasteiger partial charge in [-0.2, -0.15) is 0 Å². The molecule has 0 fully saturated rings. The molecule has 1 aliphatic rings. The number of ether oxygens (including phenoxy) is 2.